The first-order valence-corrected chi connectivity index (χ1v) is 10.9. The summed E-state index contributed by atoms with van der Waals surface area (Å²) in [5, 5.41) is 9.69. The molecule has 0 aliphatic rings. The van der Waals surface area contributed by atoms with Crippen LogP contribution in [0.5, 0.6) is 11.5 Å². The van der Waals surface area contributed by atoms with Gasteiger partial charge in [0, 0.05) is 24.5 Å². The predicted molar refractivity (Wildman–Crippen MR) is 126 cm³/mol. The van der Waals surface area contributed by atoms with Crippen LogP contribution in [0.3, 0.4) is 0 Å². The van der Waals surface area contributed by atoms with E-state index >= 15 is 0 Å². The zero-order chi connectivity index (χ0) is 23.6. The van der Waals surface area contributed by atoms with Crippen molar-refractivity contribution in [3.8, 4) is 22.6 Å². The second-order valence-electron chi connectivity index (χ2n) is 7.52. The third kappa shape index (κ3) is 6.59. The van der Waals surface area contributed by atoms with Crippen LogP contribution in [-0.2, 0) is 16.1 Å². The minimum Gasteiger partial charge on any atom is -0.493 e. The number of aromatic carboxylic acids is 1. The Labute approximate surface area is 193 Å². The fourth-order valence-corrected chi connectivity index (χ4v) is 3.53. The summed E-state index contributed by atoms with van der Waals surface area (Å²) in [5.74, 6) is -0.155. The van der Waals surface area contributed by atoms with Gasteiger partial charge >= 0.3 is 11.9 Å². The molecule has 3 aromatic carbocycles. The lowest BCUT2D eigenvalue weighted by Crippen LogP contribution is -2.18. The zero-order valence-corrected chi connectivity index (χ0v) is 18.8. The molecule has 172 valence electrons. The Balaban J connectivity index is 1.75. The first-order chi connectivity index (χ1) is 16.0. The van der Waals surface area contributed by atoms with Crippen LogP contribution in [0.4, 0.5) is 0 Å². The number of carbonyl (C=O) groups excluding carboxylic acids is 1. The Morgan fingerprint density at radius 3 is 2.27 bits per heavy atom. The summed E-state index contributed by atoms with van der Waals surface area (Å²) in [6, 6.07) is 21.9. The number of carbonyl (C=O) groups is 2. The van der Waals surface area contributed by atoms with Crippen molar-refractivity contribution < 1.29 is 28.9 Å². The molecule has 3 aromatic rings. The fourth-order valence-electron chi connectivity index (χ4n) is 3.53. The number of rotatable bonds is 11. The normalized spacial score (nSPS) is 11.5. The molecule has 0 bridgehead atoms. The molecule has 0 amide bonds. The van der Waals surface area contributed by atoms with E-state index in [9.17, 15) is 14.7 Å². The number of carboxylic acid groups (broad SMARTS) is 1. The van der Waals surface area contributed by atoms with Crippen LogP contribution in [0.15, 0.2) is 72.8 Å². The van der Waals surface area contributed by atoms with E-state index in [1.807, 2.05) is 61.5 Å². The van der Waals surface area contributed by atoms with Crippen molar-refractivity contribution in [1.29, 1.82) is 0 Å². The van der Waals surface area contributed by atoms with Gasteiger partial charge in [-0.3, -0.25) is 4.79 Å². The summed E-state index contributed by atoms with van der Waals surface area (Å²) in [5.41, 5.74) is 2.32. The van der Waals surface area contributed by atoms with Gasteiger partial charge in [-0.2, -0.15) is 0 Å². The molecular weight excluding hydrogens is 420 g/mol. The van der Waals surface area contributed by atoms with Gasteiger partial charge in [0.25, 0.3) is 0 Å². The Morgan fingerprint density at radius 2 is 1.58 bits per heavy atom. The summed E-state index contributed by atoms with van der Waals surface area (Å²) in [6.07, 6.45) is 1.12. The molecule has 0 saturated heterocycles. The van der Waals surface area contributed by atoms with E-state index in [0.717, 1.165) is 17.5 Å². The van der Waals surface area contributed by atoms with Crippen molar-refractivity contribution in [2.75, 3.05) is 6.61 Å². The third-order valence-corrected chi connectivity index (χ3v) is 5.16. The van der Waals surface area contributed by atoms with Crippen LogP contribution in [-0.4, -0.2) is 29.8 Å². The molecule has 0 aromatic heterocycles. The quantitative estimate of drug-likeness (QED) is 0.377. The van der Waals surface area contributed by atoms with E-state index in [0.29, 0.717) is 30.1 Å². The molecule has 0 aliphatic heterocycles. The maximum atomic E-state index is 11.8. The van der Waals surface area contributed by atoms with E-state index < -0.39 is 5.97 Å². The van der Waals surface area contributed by atoms with Crippen LogP contribution >= 0.6 is 0 Å². The van der Waals surface area contributed by atoms with Crippen molar-refractivity contribution in [2.24, 2.45) is 0 Å². The molecule has 3 rings (SSSR count). The SMILES string of the molecule is CCC(CCOc1ccccc1COc1cccc(C(=O)O)c1-c1ccccc1)OC(C)=O. The van der Waals surface area contributed by atoms with E-state index in [4.69, 9.17) is 14.2 Å². The Bertz CT molecular complexity index is 1080. The number of esters is 1. The topological polar surface area (TPSA) is 82.1 Å². The standard InChI is InChI=1S/C27H28O6/c1-3-22(33-19(2)28)16-17-31-24-14-8-7-12-21(24)18-32-25-15-9-13-23(27(29)30)26(25)20-10-5-4-6-11-20/h4-15,22H,3,16-18H2,1-2H3,(H,29,30). The highest BCUT2D eigenvalue weighted by Gasteiger charge is 2.17. The van der Waals surface area contributed by atoms with Crippen molar-refractivity contribution in [3.05, 3.63) is 83.9 Å². The van der Waals surface area contributed by atoms with Gasteiger partial charge in [0.15, 0.2) is 0 Å². The highest BCUT2D eigenvalue weighted by atomic mass is 16.5. The predicted octanol–water partition coefficient (Wildman–Crippen LogP) is 5.74. The minimum absolute atomic E-state index is 0.180. The van der Waals surface area contributed by atoms with Crippen LogP contribution in [0.2, 0.25) is 0 Å². The van der Waals surface area contributed by atoms with E-state index in [1.165, 1.54) is 6.92 Å². The van der Waals surface area contributed by atoms with Crippen molar-refractivity contribution >= 4 is 11.9 Å². The fraction of sp³-hybridized carbons (Fsp3) is 0.259. The summed E-state index contributed by atoms with van der Waals surface area (Å²) >= 11 is 0. The second-order valence-corrected chi connectivity index (χ2v) is 7.52. The maximum absolute atomic E-state index is 11.8. The minimum atomic E-state index is -1.01. The molecule has 1 atom stereocenters. The Hall–Kier alpha value is -3.80. The first kappa shape index (κ1) is 23.9. The van der Waals surface area contributed by atoms with Gasteiger partial charge in [-0.05, 0) is 30.2 Å². The Kier molecular flexibility index (Phi) is 8.47. The maximum Gasteiger partial charge on any atom is 0.336 e. The summed E-state index contributed by atoms with van der Waals surface area (Å²) in [6.45, 7) is 3.97. The van der Waals surface area contributed by atoms with Gasteiger partial charge in [-0.1, -0.05) is 61.5 Å². The summed E-state index contributed by atoms with van der Waals surface area (Å²) in [7, 11) is 0. The largest absolute Gasteiger partial charge is 0.493 e. The molecule has 0 heterocycles. The van der Waals surface area contributed by atoms with Gasteiger partial charge in [-0.15, -0.1) is 0 Å². The highest BCUT2D eigenvalue weighted by Crippen LogP contribution is 2.34. The van der Waals surface area contributed by atoms with Gasteiger partial charge < -0.3 is 19.3 Å². The number of benzene rings is 3. The smallest absolute Gasteiger partial charge is 0.336 e. The molecule has 33 heavy (non-hydrogen) atoms. The first-order valence-electron chi connectivity index (χ1n) is 10.9. The second kappa shape index (κ2) is 11.7. The van der Waals surface area contributed by atoms with Gasteiger partial charge in [0.2, 0.25) is 0 Å². The van der Waals surface area contributed by atoms with E-state index in [2.05, 4.69) is 0 Å². The molecule has 0 spiro atoms. The number of hydrogen-bond acceptors (Lipinski definition) is 5. The lowest BCUT2D eigenvalue weighted by molar-refractivity contribution is -0.147. The summed E-state index contributed by atoms with van der Waals surface area (Å²) < 4.78 is 17.3. The van der Waals surface area contributed by atoms with Gasteiger partial charge in [0.1, 0.15) is 24.2 Å². The third-order valence-electron chi connectivity index (χ3n) is 5.16. The monoisotopic (exact) mass is 448 g/mol. The highest BCUT2D eigenvalue weighted by molar-refractivity contribution is 5.98. The van der Waals surface area contributed by atoms with Crippen molar-refractivity contribution in [3.63, 3.8) is 0 Å². The van der Waals surface area contributed by atoms with Crippen molar-refractivity contribution in [1.82, 2.24) is 0 Å². The summed E-state index contributed by atoms with van der Waals surface area (Å²) in [4.78, 5) is 23.0. The van der Waals surface area contributed by atoms with Gasteiger partial charge in [-0.25, -0.2) is 4.79 Å². The van der Waals surface area contributed by atoms with Crippen LogP contribution < -0.4 is 9.47 Å². The van der Waals surface area contributed by atoms with Crippen LogP contribution in [0.1, 0.15) is 42.6 Å². The molecule has 6 heteroatoms. The van der Waals surface area contributed by atoms with Gasteiger partial charge in [0.05, 0.1) is 12.2 Å². The lowest BCUT2D eigenvalue weighted by atomic mass is 9.98. The van der Waals surface area contributed by atoms with Crippen molar-refractivity contribution in [2.45, 2.75) is 39.4 Å². The number of hydrogen-bond donors (Lipinski definition) is 1. The number of para-hydroxylation sites is 1. The molecule has 0 fully saturated rings. The molecule has 1 unspecified atom stereocenters. The van der Waals surface area contributed by atoms with Crippen LogP contribution in [0, 0.1) is 0 Å². The number of ether oxygens (including phenoxy) is 3. The molecule has 0 aliphatic carbocycles. The van der Waals surface area contributed by atoms with E-state index in [-0.39, 0.29) is 24.2 Å². The average molecular weight is 449 g/mol. The molecular formula is C27H28O6. The zero-order valence-electron chi connectivity index (χ0n) is 18.8. The lowest BCUT2D eigenvalue weighted by Gasteiger charge is -2.18. The Morgan fingerprint density at radius 1 is 0.879 bits per heavy atom. The molecule has 0 radical (unpaired) electrons. The average Bonchev–Trinajstić information content (AvgIpc) is 2.82. The molecule has 0 saturated carbocycles. The molecule has 6 nitrogen and oxygen atoms in total. The van der Waals surface area contributed by atoms with E-state index in [1.54, 1.807) is 18.2 Å². The number of carboxylic acids is 1. The van der Waals surface area contributed by atoms with Crippen LogP contribution in [0.25, 0.3) is 11.1 Å². The molecule has 1 N–H and O–H groups in total.